The molecule has 2 N–H and O–H groups in total. The lowest BCUT2D eigenvalue weighted by Gasteiger charge is -2.39. The molecule has 4 rings (SSSR count). The number of hydrogen-bond donors (Lipinski definition) is 2. The van der Waals surface area contributed by atoms with Gasteiger partial charge in [0.05, 0.1) is 11.7 Å². The minimum absolute atomic E-state index is 0.0392. The monoisotopic (exact) mass is 380 g/mol. The zero-order valence-corrected chi connectivity index (χ0v) is 16.1. The van der Waals surface area contributed by atoms with Crippen LogP contribution in [0.1, 0.15) is 41.6 Å². The Balaban J connectivity index is 1.24. The molecule has 2 heterocycles. The minimum atomic E-state index is -0.0443. The van der Waals surface area contributed by atoms with Crippen molar-refractivity contribution in [3.05, 3.63) is 65.7 Å². The van der Waals surface area contributed by atoms with Crippen LogP contribution >= 0.6 is 0 Å². The molecule has 148 valence electrons. The van der Waals surface area contributed by atoms with Crippen LogP contribution in [0.5, 0.6) is 5.75 Å². The summed E-state index contributed by atoms with van der Waals surface area (Å²) in [6.07, 6.45) is 4.16. The highest BCUT2D eigenvalue weighted by molar-refractivity contribution is 5.94. The Bertz CT molecular complexity index is 801. The first-order valence-corrected chi connectivity index (χ1v) is 10.1. The zero-order chi connectivity index (χ0) is 19.4. The lowest BCUT2D eigenvalue weighted by Crippen LogP contribution is -2.44. The Morgan fingerprint density at radius 2 is 1.79 bits per heavy atom. The van der Waals surface area contributed by atoms with Crippen molar-refractivity contribution in [3.63, 3.8) is 0 Å². The van der Waals surface area contributed by atoms with E-state index < -0.39 is 0 Å². The maximum Gasteiger partial charge on any atom is 0.251 e. The second kappa shape index (κ2) is 8.33. The van der Waals surface area contributed by atoms with Crippen molar-refractivity contribution in [2.24, 2.45) is 0 Å². The lowest BCUT2D eigenvalue weighted by atomic mass is 9.88. The number of carbonyl (C=O) groups is 1. The standard InChI is InChI=1S/C23H28N2O3/c26-21-9-5-4-8-19(21)17-25-14-12-23(13-15-25)11-10-20(28-23)16-24-22(27)18-6-2-1-3-7-18/h1-9,20,26H,10-17H2,(H,24,27). The summed E-state index contributed by atoms with van der Waals surface area (Å²) in [5, 5.41) is 13.0. The molecule has 0 bridgehead atoms. The molecule has 5 nitrogen and oxygen atoms in total. The van der Waals surface area contributed by atoms with Gasteiger partial charge in [0.15, 0.2) is 0 Å². The van der Waals surface area contributed by atoms with E-state index in [4.69, 9.17) is 4.74 Å². The second-order valence-electron chi connectivity index (χ2n) is 7.94. The third kappa shape index (κ3) is 4.37. The van der Waals surface area contributed by atoms with Gasteiger partial charge in [0.25, 0.3) is 5.91 Å². The van der Waals surface area contributed by atoms with E-state index in [0.29, 0.717) is 17.9 Å². The van der Waals surface area contributed by atoms with Crippen molar-refractivity contribution in [3.8, 4) is 5.75 Å². The summed E-state index contributed by atoms with van der Waals surface area (Å²) in [5.74, 6) is 0.330. The number of ether oxygens (including phenoxy) is 1. The van der Waals surface area contributed by atoms with Crippen LogP contribution in [0.4, 0.5) is 0 Å². The number of carbonyl (C=O) groups excluding carboxylic acids is 1. The van der Waals surface area contributed by atoms with Crippen molar-refractivity contribution in [2.45, 2.75) is 43.9 Å². The Morgan fingerprint density at radius 3 is 2.54 bits per heavy atom. The third-order valence-corrected chi connectivity index (χ3v) is 6.02. The van der Waals surface area contributed by atoms with Crippen LogP contribution in [0.25, 0.3) is 0 Å². The third-order valence-electron chi connectivity index (χ3n) is 6.02. The van der Waals surface area contributed by atoms with Gasteiger partial charge in [0.2, 0.25) is 0 Å². The van der Waals surface area contributed by atoms with Crippen LogP contribution in [-0.2, 0) is 11.3 Å². The fourth-order valence-corrected chi connectivity index (χ4v) is 4.31. The molecule has 28 heavy (non-hydrogen) atoms. The van der Waals surface area contributed by atoms with Gasteiger partial charge in [-0.3, -0.25) is 9.69 Å². The molecule has 2 saturated heterocycles. The Hall–Kier alpha value is -2.37. The Kier molecular flexibility index (Phi) is 5.64. The normalized spacial score (nSPS) is 21.6. The van der Waals surface area contributed by atoms with Gasteiger partial charge in [-0.15, -0.1) is 0 Å². The summed E-state index contributed by atoms with van der Waals surface area (Å²) in [4.78, 5) is 14.6. The summed E-state index contributed by atoms with van der Waals surface area (Å²) >= 11 is 0. The van der Waals surface area contributed by atoms with Gasteiger partial charge in [-0.2, -0.15) is 0 Å². The summed E-state index contributed by atoms with van der Waals surface area (Å²) in [7, 11) is 0. The van der Waals surface area contributed by atoms with Gasteiger partial charge in [-0.1, -0.05) is 36.4 Å². The average molecular weight is 380 g/mol. The number of amides is 1. The highest BCUT2D eigenvalue weighted by Gasteiger charge is 2.42. The largest absolute Gasteiger partial charge is 0.508 e. The van der Waals surface area contributed by atoms with E-state index in [0.717, 1.165) is 50.9 Å². The van der Waals surface area contributed by atoms with Crippen LogP contribution in [0.15, 0.2) is 54.6 Å². The van der Waals surface area contributed by atoms with Gasteiger partial charge in [-0.25, -0.2) is 0 Å². The molecule has 0 aromatic heterocycles. The summed E-state index contributed by atoms with van der Waals surface area (Å²) in [6, 6.07) is 16.9. The maximum atomic E-state index is 12.2. The molecular formula is C23H28N2O3. The number of nitrogens with one attached hydrogen (secondary N) is 1. The summed E-state index contributed by atoms with van der Waals surface area (Å²) in [5.41, 5.74) is 1.62. The number of aromatic hydroxyl groups is 1. The number of nitrogens with zero attached hydrogens (tertiary/aromatic N) is 1. The van der Waals surface area contributed by atoms with Crippen molar-refractivity contribution in [2.75, 3.05) is 19.6 Å². The first-order valence-electron chi connectivity index (χ1n) is 10.1. The highest BCUT2D eigenvalue weighted by Crippen LogP contribution is 2.39. The van der Waals surface area contributed by atoms with Crippen LogP contribution in [-0.4, -0.2) is 47.3 Å². The number of phenolic OH excluding ortho intramolecular Hbond substituents is 1. The predicted octanol–water partition coefficient (Wildman–Crippen LogP) is 3.34. The maximum absolute atomic E-state index is 12.2. The number of phenols is 1. The molecule has 1 atom stereocenters. The molecule has 2 aromatic carbocycles. The van der Waals surface area contributed by atoms with E-state index in [1.165, 1.54) is 0 Å². The first kappa shape index (κ1) is 19.0. The highest BCUT2D eigenvalue weighted by atomic mass is 16.5. The molecule has 1 unspecified atom stereocenters. The van der Waals surface area contributed by atoms with E-state index in [2.05, 4.69) is 10.2 Å². The van der Waals surface area contributed by atoms with Gasteiger partial charge in [0, 0.05) is 37.3 Å². The fourth-order valence-electron chi connectivity index (χ4n) is 4.31. The van der Waals surface area contributed by atoms with Crippen LogP contribution in [0.2, 0.25) is 0 Å². The van der Waals surface area contributed by atoms with E-state index in [1.807, 2.05) is 48.5 Å². The van der Waals surface area contributed by atoms with E-state index >= 15 is 0 Å². The van der Waals surface area contributed by atoms with Gasteiger partial charge < -0.3 is 15.2 Å². The Labute approximate surface area is 166 Å². The summed E-state index contributed by atoms with van der Waals surface area (Å²) < 4.78 is 6.41. The van der Waals surface area contributed by atoms with Crippen LogP contribution in [0.3, 0.4) is 0 Å². The molecule has 0 aliphatic carbocycles. The molecule has 0 radical (unpaired) electrons. The molecule has 1 amide bonds. The Morgan fingerprint density at radius 1 is 1.07 bits per heavy atom. The van der Waals surface area contributed by atoms with Crippen molar-refractivity contribution in [1.82, 2.24) is 10.2 Å². The molecule has 2 fully saturated rings. The molecular weight excluding hydrogens is 352 g/mol. The average Bonchev–Trinajstić information content (AvgIpc) is 3.13. The second-order valence-corrected chi connectivity index (χ2v) is 7.94. The van der Waals surface area contributed by atoms with Crippen molar-refractivity contribution < 1.29 is 14.6 Å². The van der Waals surface area contributed by atoms with Crippen LogP contribution < -0.4 is 5.32 Å². The smallest absolute Gasteiger partial charge is 0.251 e. The lowest BCUT2D eigenvalue weighted by molar-refractivity contribution is -0.0765. The molecule has 0 saturated carbocycles. The summed E-state index contributed by atoms with van der Waals surface area (Å²) in [6.45, 7) is 3.28. The molecule has 2 aliphatic rings. The zero-order valence-electron chi connectivity index (χ0n) is 16.1. The molecule has 2 aliphatic heterocycles. The van der Waals surface area contributed by atoms with Crippen molar-refractivity contribution in [1.29, 1.82) is 0 Å². The number of benzene rings is 2. The fraction of sp³-hybridized carbons (Fsp3) is 0.435. The van der Waals surface area contributed by atoms with Crippen LogP contribution in [0, 0.1) is 0 Å². The minimum Gasteiger partial charge on any atom is -0.508 e. The number of hydrogen-bond acceptors (Lipinski definition) is 4. The van der Waals surface area contributed by atoms with Gasteiger partial charge in [-0.05, 0) is 43.9 Å². The number of rotatable bonds is 5. The number of likely N-dealkylation sites (tertiary alicyclic amines) is 1. The van der Waals surface area contributed by atoms with E-state index in [1.54, 1.807) is 6.07 Å². The topological polar surface area (TPSA) is 61.8 Å². The predicted molar refractivity (Wildman–Crippen MR) is 108 cm³/mol. The van der Waals surface area contributed by atoms with Crippen molar-refractivity contribution >= 4 is 5.91 Å². The van der Waals surface area contributed by atoms with E-state index in [-0.39, 0.29) is 17.6 Å². The quantitative estimate of drug-likeness (QED) is 0.835. The number of para-hydroxylation sites is 1. The molecule has 2 aromatic rings. The first-order chi connectivity index (χ1) is 13.6. The molecule has 5 heteroatoms. The van der Waals surface area contributed by atoms with Gasteiger partial charge in [0.1, 0.15) is 5.75 Å². The van der Waals surface area contributed by atoms with Gasteiger partial charge >= 0.3 is 0 Å². The SMILES string of the molecule is O=C(NCC1CCC2(CCN(Cc3ccccc3O)CC2)O1)c1ccccc1. The molecule has 1 spiro atoms. The number of piperidine rings is 1. The van der Waals surface area contributed by atoms with E-state index in [9.17, 15) is 9.90 Å².